The van der Waals surface area contributed by atoms with Gasteiger partial charge in [-0.05, 0) is 73.0 Å². The van der Waals surface area contributed by atoms with Crippen molar-refractivity contribution in [3.63, 3.8) is 0 Å². The molecule has 2 aromatic carbocycles. The molecule has 33 heavy (non-hydrogen) atoms. The quantitative estimate of drug-likeness (QED) is 0.570. The summed E-state index contributed by atoms with van der Waals surface area (Å²) in [5.41, 5.74) is 2.18. The van der Waals surface area contributed by atoms with Crippen LogP contribution in [0.25, 0.3) is 17.2 Å². The van der Waals surface area contributed by atoms with E-state index in [1.807, 2.05) is 46.8 Å². The molecule has 2 heterocycles. The van der Waals surface area contributed by atoms with E-state index in [4.69, 9.17) is 9.47 Å². The van der Waals surface area contributed by atoms with Crippen LogP contribution in [-0.2, 0) is 20.5 Å². The number of aryl methyl sites for hydroxylation is 1. The van der Waals surface area contributed by atoms with Gasteiger partial charge in [-0.25, -0.2) is 8.78 Å². The number of carbonyl (C=O) groups excluding carboxylic acids is 2. The number of imide groups is 1. The van der Waals surface area contributed by atoms with Gasteiger partial charge >= 0.3 is 0 Å². The van der Waals surface area contributed by atoms with Crippen LogP contribution in [0.4, 0.5) is 13.6 Å². The van der Waals surface area contributed by atoms with E-state index in [9.17, 15) is 9.59 Å². The van der Waals surface area contributed by atoms with Crippen LogP contribution in [0.3, 0.4) is 0 Å². The van der Waals surface area contributed by atoms with E-state index in [-0.39, 0.29) is 27.2 Å². The summed E-state index contributed by atoms with van der Waals surface area (Å²) in [5.74, 6) is -2.37. The second-order valence-corrected chi connectivity index (χ2v) is 10.4. The second-order valence-electron chi connectivity index (χ2n) is 9.42. The van der Waals surface area contributed by atoms with Crippen molar-refractivity contribution in [3.05, 3.63) is 57.0 Å². The number of benzene rings is 2. The summed E-state index contributed by atoms with van der Waals surface area (Å²) >= 11 is 0.643. The summed E-state index contributed by atoms with van der Waals surface area (Å²) in [5, 5.41) is 1.56. The van der Waals surface area contributed by atoms with Crippen LogP contribution >= 0.6 is 11.8 Å². The SMILES string of the molecule is COc1c(F)cc(/C=C2/SC(=O)NC2=O)c(F)c1-c1cc2c(cc1C)C(C)(C)OCC2(C)C. The van der Waals surface area contributed by atoms with E-state index in [0.717, 1.165) is 22.8 Å². The zero-order valence-corrected chi connectivity index (χ0v) is 20.1. The van der Waals surface area contributed by atoms with Gasteiger partial charge in [0.25, 0.3) is 11.1 Å². The zero-order valence-electron chi connectivity index (χ0n) is 19.3. The molecule has 0 unspecified atom stereocenters. The van der Waals surface area contributed by atoms with Gasteiger partial charge in [-0.3, -0.25) is 14.9 Å². The van der Waals surface area contributed by atoms with Crippen LogP contribution in [0.5, 0.6) is 5.75 Å². The summed E-state index contributed by atoms with van der Waals surface area (Å²) < 4.78 is 42.3. The highest BCUT2D eigenvalue weighted by Gasteiger charge is 2.39. The maximum absolute atomic E-state index is 15.9. The Bertz CT molecular complexity index is 1230. The fourth-order valence-electron chi connectivity index (χ4n) is 4.29. The highest BCUT2D eigenvalue weighted by Crippen LogP contribution is 2.46. The highest BCUT2D eigenvalue weighted by molar-refractivity contribution is 8.18. The summed E-state index contributed by atoms with van der Waals surface area (Å²) in [4.78, 5) is 23.4. The zero-order chi connectivity index (χ0) is 24.3. The lowest BCUT2D eigenvalue weighted by Crippen LogP contribution is -2.40. The first-order chi connectivity index (χ1) is 15.4. The van der Waals surface area contributed by atoms with E-state index >= 15 is 8.78 Å². The lowest BCUT2D eigenvalue weighted by atomic mass is 9.73. The van der Waals surface area contributed by atoms with Gasteiger partial charge in [-0.15, -0.1) is 0 Å². The molecule has 0 spiro atoms. The minimum absolute atomic E-state index is 0.00314. The molecule has 4 rings (SSSR count). The van der Waals surface area contributed by atoms with Gasteiger partial charge in [0, 0.05) is 11.0 Å². The Hall–Kier alpha value is -2.71. The summed E-state index contributed by atoms with van der Waals surface area (Å²) in [6.07, 6.45) is 1.18. The van der Waals surface area contributed by atoms with Crippen LogP contribution in [0, 0.1) is 18.6 Å². The number of ether oxygens (including phenoxy) is 2. The number of thioether (sulfide) groups is 1. The molecule has 0 saturated carbocycles. The Morgan fingerprint density at radius 3 is 2.42 bits per heavy atom. The molecule has 8 heteroatoms. The molecule has 174 valence electrons. The van der Waals surface area contributed by atoms with Gasteiger partial charge in [-0.2, -0.15) is 0 Å². The molecule has 2 amide bonds. The molecule has 0 aromatic heterocycles. The largest absolute Gasteiger partial charge is 0.493 e. The van der Waals surface area contributed by atoms with Gasteiger partial charge in [-0.1, -0.05) is 19.9 Å². The first kappa shape index (κ1) is 23.4. The highest BCUT2D eigenvalue weighted by atomic mass is 32.2. The van der Waals surface area contributed by atoms with E-state index < -0.39 is 28.4 Å². The number of nitrogens with one attached hydrogen (secondary N) is 1. The van der Waals surface area contributed by atoms with Gasteiger partial charge in [0.1, 0.15) is 5.82 Å². The molecule has 2 aromatic rings. The van der Waals surface area contributed by atoms with Gasteiger partial charge in [0.2, 0.25) is 0 Å². The maximum Gasteiger partial charge on any atom is 0.290 e. The molecule has 1 saturated heterocycles. The van der Waals surface area contributed by atoms with E-state index in [1.54, 1.807) is 0 Å². The minimum Gasteiger partial charge on any atom is -0.493 e. The molecule has 2 aliphatic heterocycles. The molecule has 0 atom stereocenters. The first-order valence-electron chi connectivity index (χ1n) is 10.5. The van der Waals surface area contributed by atoms with Crippen molar-refractivity contribution < 1.29 is 27.8 Å². The van der Waals surface area contributed by atoms with E-state index in [0.29, 0.717) is 23.9 Å². The van der Waals surface area contributed by atoms with Crippen LogP contribution in [0.15, 0.2) is 23.1 Å². The van der Waals surface area contributed by atoms with Crippen LogP contribution < -0.4 is 10.1 Å². The predicted octanol–water partition coefficient (Wildman–Crippen LogP) is 5.82. The second kappa shape index (κ2) is 7.95. The Balaban J connectivity index is 1.98. The summed E-state index contributed by atoms with van der Waals surface area (Å²) in [7, 11) is 1.28. The minimum atomic E-state index is -0.768. The standard InChI is InChI=1S/C25H25F2NO4S/c1-12-7-16-15(24(2,3)11-32-25(16,4)5)10-14(12)19-20(27)13(8-17(26)21(19)31-6)9-18-22(29)28-23(30)33-18/h7-10H,11H2,1-6H3,(H,28,29,30)/b18-9+. The Morgan fingerprint density at radius 1 is 1.12 bits per heavy atom. The van der Waals surface area contributed by atoms with Crippen LogP contribution in [0.2, 0.25) is 0 Å². The topological polar surface area (TPSA) is 64.6 Å². The lowest BCUT2D eigenvalue weighted by Gasteiger charge is -2.42. The molecule has 0 aliphatic carbocycles. The molecular weight excluding hydrogens is 448 g/mol. The third kappa shape index (κ3) is 3.95. The average Bonchev–Trinajstić information content (AvgIpc) is 3.04. The van der Waals surface area contributed by atoms with Gasteiger partial charge in [0.15, 0.2) is 11.6 Å². The number of rotatable bonds is 3. The van der Waals surface area contributed by atoms with Crippen molar-refractivity contribution in [1.82, 2.24) is 5.32 Å². The molecule has 2 aliphatic rings. The number of amides is 2. The smallest absolute Gasteiger partial charge is 0.290 e. The Morgan fingerprint density at radius 2 is 1.82 bits per heavy atom. The summed E-state index contributed by atoms with van der Waals surface area (Å²) in [6.45, 7) is 10.4. The predicted molar refractivity (Wildman–Crippen MR) is 124 cm³/mol. The third-order valence-corrected chi connectivity index (χ3v) is 6.95. The molecule has 5 nitrogen and oxygen atoms in total. The number of halogens is 2. The van der Waals surface area contributed by atoms with Crippen molar-refractivity contribution >= 4 is 29.0 Å². The normalized spacial score (nSPS) is 20.1. The maximum atomic E-state index is 15.9. The Kier molecular flexibility index (Phi) is 5.65. The number of methoxy groups -OCH3 is 1. The molecule has 1 N–H and O–H groups in total. The van der Waals surface area contributed by atoms with Gasteiger partial charge < -0.3 is 9.47 Å². The fourth-order valence-corrected chi connectivity index (χ4v) is 4.96. The molecule has 0 bridgehead atoms. The monoisotopic (exact) mass is 473 g/mol. The van der Waals surface area contributed by atoms with Crippen LogP contribution in [0.1, 0.15) is 49.9 Å². The van der Waals surface area contributed by atoms with Crippen molar-refractivity contribution in [2.75, 3.05) is 13.7 Å². The fraction of sp³-hybridized carbons (Fsp3) is 0.360. The number of fused-ring (bicyclic) bond motifs is 1. The van der Waals surface area contributed by atoms with Crippen LogP contribution in [-0.4, -0.2) is 24.9 Å². The molecular formula is C25H25F2NO4S. The number of hydrogen-bond donors (Lipinski definition) is 1. The third-order valence-electron chi connectivity index (χ3n) is 6.14. The first-order valence-corrected chi connectivity index (χ1v) is 11.3. The van der Waals surface area contributed by atoms with Crippen molar-refractivity contribution in [3.8, 4) is 16.9 Å². The molecule has 1 fully saturated rings. The number of hydrogen-bond acceptors (Lipinski definition) is 5. The Labute approximate surface area is 195 Å². The summed E-state index contributed by atoms with van der Waals surface area (Å²) in [6, 6.07) is 4.80. The van der Waals surface area contributed by atoms with Gasteiger partial charge in [0.05, 0.1) is 29.8 Å². The lowest BCUT2D eigenvalue weighted by molar-refractivity contribution is -0.115. The van der Waals surface area contributed by atoms with E-state index in [2.05, 4.69) is 5.32 Å². The van der Waals surface area contributed by atoms with E-state index in [1.165, 1.54) is 13.2 Å². The van der Waals surface area contributed by atoms with Crippen molar-refractivity contribution in [1.29, 1.82) is 0 Å². The molecule has 0 radical (unpaired) electrons. The van der Waals surface area contributed by atoms with Crippen molar-refractivity contribution in [2.24, 2.45) is 0 Å². The average molecular weight is 474 g/mol. The number of carbonyl (C=O) groups is 2. The van der Waals surface area contributed by atoms with Crippen molar-refractivity contribution in [2.45, 2.75) is 45.6 Å².